The van der Waals surface area contributed by atoms with Gasteiger partial charge < -0.3 is 9.84 Å². The van der Waals surface area contributed by atoms with Crippen molar-refractivity contribution in [3.8, 4) is 0 Å². The van der Waals surface area contributed by atoms with Gasteiger partial charge in [-0.3, -0.25) is 4.79 Å². The maximum absolute atomic E-state index is 11.5. The normalized spacial score (nSPS) is 24.3. The van der Waals surface area contributed by atoms with Crippen LogP contribution in [0.15, 0.2) is 0 Å². The molecule has 100 valence electrons. The van der Waals surface area contributed by atoms with Crippen molar-refractivity contribution in [1.29, 1.82) is 0 Å². The summed E-state index contributed by atoms with van der Waals surface area (Å²) in [6.07, 6.45) is 1.59. The van der Waals surface area contributed by atoms with E-state index in [1.807, 2.05) is 6.92 Å². The van der Waals surface area contributed by atoms with Gasteiger partial charge in [0, 0.05) is 19.1 Å². The minimum absolute atomic E-state index is 0.0543. The summed E-state index contributed by atoms with van der Waals surface area (Å²) in [6, 6.07) is -0.0543. The fourth-order valence-electron chi connectivity index (χ4n) is 1.76. The second kappa shape index (κ2) is 6.32. The van der Waals surface area contributed by atoms with Gasteiger partial charge in [0.25, 0.3) is 0 Å². The van der Waals surface area contributed by atoms with E-state index in [9.17, 15) is 13.2 Å². The fraction of sp³-hybridized carbons (Fsp3) is 0.900. The topological polar surface area (TPSA) is 92.7 Å². The van der Waals surface area contributed by atoms with Gasteiger partial charge in [0.2, 0.25) is 10.0 Å². The molecular formula is C10H19NO5S. The van der Waals surface area contributed by atoms with Crippen LogP contribution >= 0.6 is 0 Å². The maximum Gasteiger partial charge on any atom is 0.303 e. The molecule has 0 aromatic carbocycles. The van der Waals surface area contributed by atoms with Gasteiger partial charge in [-0.2, -0.15) is 0 Å². The number of aliphatic carboxylic acids is 1. The molecule has 0 aromatic heterocycles. The van der Waals surface area contributed by atoms with Crippen molar-refractivity contribution in [2.45, 2.75) is 44.8 Å². The second-order valence-electron chi connectivity index (χ2n) is 4.18. The van der Waals surface area contributed by atoms with Crippen molar-refractivity contribution in [2.75, 3.05) is 12.4 Å². The Kier molecular flexibility index (Phi) is 5.35. The van der Waals surface area contributed by atoms with Gasteiger partial charge in [-0.05, 0) is 26.2 Å². The molecule has 1 aliphatic rings. The minimum Gasteiger partial charge on any atom is -0.481 e. The molecule has 2 N–H and O–H groups in total. The number of carboxylic acids is 1. The largest absolute Gasteiger partial charge is 0.481 e. The van der Waals surface area contributed by atoms with Gasteiger partial charge in [-0.1, -0.05) is 0 Å². The smallest absolute Gasteiger partial charge is 0.303 e. The standard InChI is InChI=1S/C10H19NO5S/c1-2-16-9-6-8(7-9)11-17(14,15)5-3-4-10(12)13/h8-9,11H,2-7H2,1H3,(H,12,13). The monoisotopic (exact) mass is 265 g/mol. The molecule has 1 aliphatic carbocycles. The molecule has 7 heteroatoms. The summed E-state index contributed by atoms with van der Waals surface area (Å²) in [5, 5.41) is 8.41. The zero-order valence-electron chi connectivity index (χ0n) is 9.89. The van der Waals surface area contributed by atoms with Crippen molar-refractivity contribution < 1.29 is 23.1 Å². The Labute approximate surface area is 101 Å². The Morgan fingerprint density at radius 1 is 1.47 bits per heavy atom. The molecule has 6 nitrogen and oxygen atoms in total. The highest BCUT2D eigenvalue weighted by atomic mass is 32.2. The Morgan fingerprint density at radius 3 is 2.65 bits per heavy atom. The minimum atomic E-state index is -3.34. The second-order valence-corrected chi connectivity index (χ2v) is 6.05. The number of carboxylic acid groups (broad SMARTS) is 1. The first-order valence-electron chi connectivity index (χ1n) is 5.76. The van der Waals surface area contributed by atoms with Gasteiger partial charge in [0.15, 0.2) is 0 Å². The number of hydrogen-bond donors (Lipinski definition) is 2. The van der Waals surface area contributed by atoms with Gasteiger partial charge in [-0.25, -0.2) is 13.1 Å². The highest BCUT2D eigenvalue weighted by Gasteiger charge is 2.32. The number of carbonyl (C=O) groups is 1. The van der Waals surface area contributed by atoms with Gasteiger partial charge >= 0.3 is 5.97 Å². The van der Waals surface area contributed by atoms with Crippen LogP contribution < -0.4 is 4.72 Å². The predicted octanol–water partition coefficient (Wildman–Crippen LogP) is 0.338. The summed E-state index contributed by atoms with van der Waals surface area (Å²) >= 11 is 0. The molecule has 0 aliphatic heterocycles. The SMILES string of the molecule is CCOC1CC(NS(=O)(=O)CCCC(=O)O)C1. The number of nitrogens with one attached hydrogen (secondary N) is 1. The van der Waals surface area contributed by atoms with Crippen LogP contribution in [-0.4, -0.2) is 44.0 Å². The van der Waals surface area contributed by atoms with Gasteiger partial charge in [0.05, 0.1) is 11.9 Å². The molecule has 0 aromatic rings. The molecule has 0 saturated heterocycles. The Hall–Kier alpha value is -0.660. The summed E-state index contributed by atoms with van der Waals surface area (Å²) in [4.78, 5) is 10.3. The van der Waals surface area contributed by atoms with E-state index in [0.29, 0.717) is 19.4 Å². The first-order valence-corrected chi connectivity index (χ1v) is 7.41. The van der Waals surface area contributed by atoms with Crippen LogP contribution in [0.2, 0.25) is 0 Å². The van der Waals surface area contributed by atoms with Crippen LogP contribution in [0.4, 0.5) is 0 Å². The fourth-order valence-corrected chi connectivity index (χ4v) is 3.10. The quantitative estimate of drug-likeness (QED) is 0.660. The molecule has 1 fully saturated rings. The van der Waals surface area contributed by atoms with Crippen molar-refractivity contribution >= 4 is 16.0 Å². The van der Waals surface area contributed by atoms with Crippen molar-refractivity contribution in [3.63, 3.8) is 0 Å². The lowest BCUT2D eigenvalue weighted by molar-refractivity contribution is -0.137. The van der Waals surface area contributed by atoms with Crippen molar-refractivity contribution in [1.82, 2.24) is 4.72 Å². The molecule has 0 spiro atoms. The molecule has 1 saturated carbocycles. The predicted molar refractivity (Wildman–Crippen MR) is 62.2 cm³/mol. The number of sulfonamides is 1. The Morgan fingerprint density at radius 2 is 2.12 bits per heavy atom. The van der Waals surface area contributed by atoms with Crippen molar-refractivity contribution in [2.24, 2.45) is 0 Å². The molecule has 0 amide bonds. The van der Waals surface area contributed by atoms with E-state index in [-0.39, 0.29) is 30.7 Å². The third-order valence-corrected chi connectivity index (χ3v) is 4.17. The van der Waals surface area contributed by atoms with Crippen molar-refractivity contribution in [3.05, 3.63) is 0 Å². The zero-order valence-corrected chi connectivity index (χ0v) is 10.7. The lowest BCUT2D eigenvalue weighted by Crippen LogP contribution is -2.48. The summed E-state index contributed by atoms with van der Waals surface area (Å²) in [6.45, 7) is 2.55. The highest BCUT2D eigenvalue weighted by Crippen LogP contribution is 2.23. The van der Waals surface area contributed by atoms with Gasteiger partial charge in [-0.15, -0.1) is 0 Å². The molecule has 0 bridgehead atoms. The number of ether oxygens (including phenoxy) is 1. The highest BCUT2D eigenvalue weighted by molar-refractivity contribution is 7.89. The molecule has 0 heterocycles. The lowest BCUT2D eigenvalue weighted by Gasteiger charge is -2.35. The van der Waals surface area contributed by atoms with E-state index in [1.165, 1.54) is 0 Å². The lowest BCUT2D eigenvalue weighted by atomic mass is 9.90. The van der Waals surface area contributed by atoms with Crippen LogP contribution in [0.25, 0.3) is 0 Å². The van der Waals surface area contributed by atoms with Crippen LogP contribution in [0, 0.1) is 0 Å². The summed E-state index contributed by atoms with van der Waals surface area (Å²) in [5.41, 5.74) is 0. The summed E-state index contributed by atoms with van der Waals surface area (Å²) < 4.78 is 30.9. The first kappa shape index (κ1) is 14.4. The summed E-state index contributed by atoms with van der Waals surface area (Å²) in [5.74, 6) is -1.10. The summed E-state index contributed by atoms with van der Waals surface area (Å²) in [7, 11) is -3.34. The van der Waals surface area contributed by atoms with Crippen LogP contribution in [0.1, 0.15) is 32.6 Å². The number of hydrogen-bond acceptors (Lipinski definition) is 4. The Bertz CT molecular complexity index is 348. The van der Waals surface area contributed by atoms with Gasteiger partial charge in [0.1, 0.15) is 0 Å². The molecular weight excluding hydrogens is 246 g/mol. The molecule has 1 rings (SSSR count). The molecule has 0 atom stereocenters. The van der Waals surface area contributed by atoms with E-state index >= 15 is 0 Å². The van der Waals surface area contributed by atoms with Crippen LogP contribution in [0.5, 0.6) is 0 Å². The molecule has 0 radical (unpaired) electrons. The maximum atomic E-state index is 11.5. The zero-order chi connectivity index (χ0) is 12.9. The molecule has 0 unspecified atom stereocenters. The van der Waals surface area contributed by atoms with Crippen LogP contribution in [0.3, 0.4) is 0 Å². The first-order chi connectivity index (χ1) is 7.93. The van der Waals surface area contributed by atoms with E-state index in [0.717, 1.165) is 0 Å². The molecule has 17 heavy (non-hydrogen) atoms. The van der Waals surface area contributed by atoms with E-state index in [1.54, 1.807) is 0 Å². The third-order valence-electron chi connectivity index (χ3n) is 2.65. The Balaban J connectivity index is 2.20. The van der Waals surface area contributed by atoms with E-state index in [2.05, 4.69) is 4.72 Å². The average Bonchev–Trinajstić information content (AvgIpc) is 2.13. The van der Waals surface area contributed by atoms with E-state index < -0.39 is 16.0 Å². The average molecular weight is 265 g/mol. The van der Waals surface area contributed by atoms with E-state index in [4.69, 9.17) is 9.84 Å². The van der Waals surface area contributed by atoms with Crippen LogP contribution in [-0.2, 0) is 19.6 Å². The third kappa shape index (κ3) is 5.47. The number of rotatable bonds is 8.